The highest BCUT2D eigenvalue weighted by atomic mass is 32.2. The fourth-order valence-corrected chi connectivity index (χ4v) is 5.23. The standard InChI is InChI=1S/C19H18FN3O5S2/c20-13-1-3-14(4-2-13)21-30(26,27)15-5-6-16-17(11-15)29-19(25)23(16)12-18(24)22-7-9-28-10-8-22/h1-6,11,21H,7-10,12H2. The van der Waals surface area contributed by atoms with E-state index in [1.54, 1.807) is 4.90 Å². The SMILES string of the molecule is O=C(Cn1c(=O)sc2cc(S(=O)(=O)Nc3ccc(F)cc3)ccc21)N1CCOCC1. The average molecular weight is 452 g/mol. The topological polar surface area (TPSA) is 97.7 Å². The van der Waals surface area contributed by atoms with Gasteiger partial charge in [-0.05, 0) is 42.5 Å². The van der Waals surface area contributed by atoms with Crippen LogP contribution in [0.1, 0.15) is 0 Å². The molecule has 8 nitrogen and oxygen atoms in total. The summed E-state index contributed by atoms with van der Waals surface area (Å²) >= 11 is 0.876. The van der Waals surface area contributed by atoms with Crippen LogP contribution in [0.2, 0.25) is 0 Å². The molecule has 0 unspecified atom stereocenters. The van der Waals surface area contributed by atoms with Crippen LogP contribution >= 0.6 is 11.3 Å². The van der Waals surface area contributed by atoms with Gasteiger partial charge in [0.25, 0.3) is 10.0 Å². The van der Waals surface area contributed by atoms with Gasteiger partial charge in [0.2, 0.25) is 5.91 Å². The molecule has 0 bridgehead atoms. The molecular formula is C19H18FN3O5S2. The first-order valence-electron chi connectivity index (χ1n) is 9.11. The number of carbonyl (C=O) groups excluding carboxylic acids is 1. The van der Waals surface area contributed by atoms with Gasteiger partial charge in [-0.1, -0.05) is 11.3 Å². The Morgan fingerprint density at radius 2 is 1.83 bits per heavy atom. The van der Waals surface area contributed by atoms with E-state index < -0.39 is 15.8 Å². The number of benzene rings is 2. The van der Waals surface area contributed by atoms with Crippen molar-refractivity contribution in [1.29, 1.82) is 0 Å². The number of hydrogen-bond donors (Lipinski definition) is 1. The zero-order chi connectivity index (χ0) is 21.3. The molecule has 0 saturated carbocycles. The van der Waals surface area contributed by atoms with Crippen molar-refractivity contribution in [2.45, 2.75) is 11.4 Å². The summed E-state index contributed by atoms with van der Waals surface area (Å²) in [5, 5.41) is 0. The van der Waals surface area contributed by atoms with E-state index in [-0.39, 0.29) is 27.9 Å². The molecule has 0 atom stereocenters. The third kappa shape index (κ3) is 4.23. The van der Waals surface area contributed by atoms with Crippen LogP contribution in [0.15, 0.2) is 52.2 Å². The zero-order valence-electron chi connectivity index (χ0n) is 15.7. The average Bonchev–Trinajstić information content (AvgIpc) is 3.04. The molecule has 0 spiro atoms. The maximum Gasteiger partial charge on any atom is 0.308 e. The molecule has 0 radical (unpaired) electrons. The molecule has 158 valence electrons. The summed E-state index contributed by atoms with van der Waals surface area (Å²) < 4.78 is 47.7. The molecule has 11 heteroatoms. The summed E-state index contributed by atoms with van der Waals surface area (Å²) in [6.45, 7) is 1.78. The van der Waals surface area contributed by atoms with Gasteiger partial charge in [0.15, 0.2) is 0 Å². The number of aromatic nitrogens is 1. The largest absolute Gasteiger partial charge is 0.378 e. The van der Waals surface area contributed by atoms with Crippen LogP contribution in [0, 0.1) is 5.82 Å². The van der Waals surface area contributed by atoms with E-state index in [2.05, 4.69) is 4.72 Å². The fourth-order valence-electron chi connectivity index (χ4n) is 3.14. The molecule has 3 aromatic rings. The van der Waals surface area contributed by atoms with Crippen LogP contribution in [0.3, 0.4) is 0 Å². The van der Waals surface area contributed by atoms with Crippen LogP contribution in [-0.2, 0) is 26.1 Å². The van der Waals surface area contributed by atoms with E-state index in [0.29, 0.717) is 36.5 Å². The summed E-state index contributed by atoms with van der Waals surface area (Å²) in [5.74, 6) is -0.660. The van der Waals surface area contributed by atoms with Crippen molar-refractivity contribution in [3.8, 4) is 0 Å². The first kappa shape index (κ1) is 20.5. The number of amides is 1. The van der Waals surface area contributed by atoms with Crippen molar-refractivity contribution in [2.75, 3.05) is 31.0 Å². The predicted octanol–water partition coefficient (Wildman–Crippen LogP) is 1.86. The third-order valence-electron chi connectivity index (χ3n) is 4.70. The lowest BCUT2D eigenvalue weighted by Crippen LogP contribution is -2.43. The number of hydrogen-bond acceptors (Lipinski definition) is 6. The molecule has 1 aliphatic rings. The lowest BCUT2D eigenvalue weighted by Gasteiger charge is -2.26. The van der Waals surface area contributed by atoms with Crippen molar-refractivity contribution < 1.29 is 22.3 Å². The molecule has 2 heterocycles. The van der Waals surface area contributed by atoms with Crippen LogP contribution in [0.25, 0.3) is 10.2 Å². The molecule has 1 saturated heterocycles. The summed E-state index contributed by atoms with van der Waals surface area (Å²) in [5.41, 5.74) is 0.714. The summed E-state index contributed by atoms with van der Waals surface area (Å²) in [6.07, 6.45) is 0. The number of morpholine rings is 1. The van der Waals surface area contributed by atoms with Crippen LogP contribution < -0.4 is 9.60 Å². The lowest BCUT2D eigenvalue weighted by atomic mass is 10.3. The van der Waals surface area contributed by atoms with Gasteiger partial charge in [0.05, 0.1) is 28.3 Å². The Morgan fingerprint density at radius 3 is 2.53 bits per heavy atom. The monoisotopic (exact) mass is 451 g/mol. The molecule has 0 aliphatic carbocycles. The van der Waals surface area contributed by atoms with Crippen molar-refractivity contribution in [3.05, 3.63) is 57.9 Å². The first-order chi connectivity index (χ1) is 14.3. The van der Waals surface area contributed by atoms with Gasteiger partial charge in [-0.15, -0.1) is 0 Å². The second-order valence-corrected chi connectivity index (χ2v) is 9.36. The second kappa shape index (κ2) is 8.17. The minimum absolute atomic E-state index is 0.0350. The Kier molecular flexibility index (Phi) is 5.58. The zero-order valence-corrected chi connectivity index (χ0v) is 17.3. The second-order valence-electron chi connectivity index (χ2n) is 6.69. The van der Waals surface area contributed by atoms with Gasteiger partial charge < -0.3 is 9.64 Å². The van der Waals surface area contributed by atoms with Gasteiger partial charge in [0.1, 0.15) is 12.4 Å². The molecular weight excluding hydrogens is 433 g/mol. The molecule has 4 rings (SSSR count). The number of sulfonamides is 1. The van der Waals surface area contributed by atoms with Crippen LogP contribution in [-0.4, -0.2) is 50.1 Å². The number of nitrogens with zero attached hydrogens (tertiary/aromatic N) is 2. The molecule has 2 aromatic carbocycles. The number of ether oxygens (including phenoxy) is 1. The highest BCUT2D eigenvalue weighted by molar-refractivity contribution is 7.92. The molecule has 1 aromatic heterocycles. The van der Waals surface area contributed by atoms with Crippen molar-refractivity contribution in [2.24, 2.45) is 0 Å². The molecule has 30 heavy (non-hydrogen) atoms. The maximum absolute atomic E-state index is 13.0. The Hall–Kier alpha value is -2.76. The Bertz CT molecular complexity index is 1250. The van der Waals surface area contributed by atoms with Crippen LogP contribution in [0.5, 0.6) is 0 Å². The van der Waals surface area contributed by atoms with Gasteiger partial charge >= 0.3 is 4.87 Å². The minimum atomic E-state index is -3.93. The summed E-state index contributed by atoms with van der Waals surface area (Å²) in [4.78, 5) is 26.2. The Morgan fingerprint density at radius 1 is 1.13 bits per heavy atom. The van der Waals surface area contributed by atoms with E-state index >= 15 is 0 Å². The fraction of sp³-hybridized carbons (Fsp3) is 0.263. The number of carbonyl (C=O) groups is 1. The quantitative estimate of drug-likeness (QED) is 0.639. The molecule has 1 N–H and O–H groups in total. The Labute approximate surface area is 175 Å². The third-order valence-corrected chi connectivity index (χ3v) is 7.02. The lowest BCUT2D eigenvalue weighted by molar-refractivity contribution is -0.135. The van der Waals surface area contributed by atoms with Gasteiger partial charge in [-0.3, -0.25) is 18.9 Å². The summed E-state index contributed by atoms with van der Waals surface area (Å²) in [7, 11) is -3.93. The number of rotatable bonds is 5. The smallest absolute Gasteiger partial charge is 0.308 e. The van der Waals surface area contributed by atoms with E-state index in [1.165, 1.54) is 34.9 Å². The van der Waals surface area contributed by atoms with Crippen LogP contribution in [0.4, 0.5) is 10.1 Å². The normalized spacial score (nSPS) is 14.8. The van der Waals surface area contributed by atoms with Crippen molar-refractivity contribution in [1.82, 2.24) is 9.47 Å². The highest BCUT2D eigenvalue weighted by Crippen LogP contribution is 2.24. The van der Waals surface area contributed by atoms with E-state index in [1.807, 2.05) is 0 Å². The van der Waals surface area contributed by atoms with E-state index in [0.717, 1.165) is 23.5 Å². The molecule has 1 aliphatic heterocycles. The van der Waals surface area contributed by atoms with Gasteiger partial charge in [-0.25, -0.2) is 12.8 Å². The van der Waals surface area contributed by atoms with E-state index in [4.69, 9.17) is 4.74 Å². The molecule has 1 amide bonds. The summed E-state index contributed by atoms with van der Waals surface area (Å²) in [6, 6.07) is 9.21. The van der Waals surface area contributed by atoms with E-state index in [9.17, 15) is 22.4 Å². The highest BCUT2D eigenvalue weighted by Gasteiger charge is 2.21. The maximum atomic E-state index is 13.0. The Balaban J connectivity index is 1.60. The minimum Gasteiger partial charge on any atom is -0.378 e. The number of fused-ring (bicyclic) bond motifs is 1. The van der Waals surface area contributed by atoms with Crippen molar-refractivity contribution >= 4 is 43.2 Å². The predicted molar refractivity (Wildman–Crippen MR) is 111 cm³/mol. The number of nitrogens with one attached hydrogen (secondary N) is 1. The number of anilines is 1. The number of halogens is 1. The van der Waals surface area contributed by atoms with Crippen molar-refractivity contribution in [3.63, 3.8) is 0 Å². The van der Waals surface area contributed by atoms with Gasteiger partial charge in [-0.2, -0.15) is 0 Å². The first-order valence-corrected chi connectivity index (χ1v) is 11.4. The van der Waals surface area contributed by atoms with Gasteiger partial charge in [0, 0.05) is 18.8 Å². The molecule has 1 fully saturated rings. The number of thiazole rings is 1.